The predicted molar refractivity (Wildman–Crippen MR) is 153 cm³/mol. The Morgan fingerprint density at radius 2 is 1.82 bits per heavy atom. The first kappa shape index (κ1) is 32.4. The van der Waals surface area contributed by atoms with Crippen LogP contribution in [0.2, 0.25) is 18.1 Å². The Morgan fingerprint density at radius 3 is 2.45 bits per heavy atom. The lowest BCUT2D eigenvalue weighted by Crippen LogP contribution is -2.46. The van der Waals surface area contributed by atoms with Crippen LogP contribution in [0.4, 0.5) is 0 Å². The van der Waals surface area contributed by atoms with Crippen LogP contribution in [0, 0.1) is 5.92 Å². The van der Waals surface area contributed by atoms with Gasteiger partial charge in [0.1, 0.15) is 11.9 Å². The second kappa shape index (κ2) is 15.7. The van der Waals surface area contributed by atoms with Crippen molar-refractivity contribution in [3.63, 3.8) is 0 Å². The van der Waals surface area contributed by atoms with E-state index in [1.165, 1.54) is 0 Å². The van der Waals surface area contributed by atoms with E-state index in [0.717, 1.165) is 11.3 Å². The highest BCUT2D eigenvalue weighted by atomic mass is 28.4. The summed E-state index contributed by atoms with van der Waals surface area (Å²) in [4.78, 5) is 12.5. The van der Waals surface area contributed by atoms with Crippen LogP contribution in [-0.2, 0) is 34.8 Å². The van der Waals surface area contributed by atoms with Crippen LogP contribution in [0.3, 0.4) is 0 Å². The summed E-state index contributed by atoms with van der Waals surface area (Å²) < 4.78 is 35.1. The quantitative estimate of drug-likeness (QED) is 0.141. The summed E-state index contributed by atoms with van der Waals surface area (Å²) in [6.07, 6.45) is 6.43. The maximum Gasteiger partial charge on any atom is 0.195 e. The Kier molecular flexibility index (Phi) is 13.4. The molecule has 0 fully saturated rings. The third kappa shape index (κ3) is 10.7. The third-order valence-electron chi connectivity index (χ3n) is 7.08. The highest BCUT2D eigenvalue weighted by Gasteiger charge is 2.40. The normalized spacial score (nSPS) is 20.2. The molecule has 2 rings (SSSR count). The van der Waals surface area contributed by atoms with Gasteiger partial charge in [-0.15, -0.1) is 0 Å². The van der Waals surface area contributed by atoms with Crippen LogP contribution in [-0.4, -0.2) is 66.1 Å². The van der Waals surface area contributed by atoms with Gasteiger partial charge >= 0.3 is 0 Å². The standard InChI is InChI=1S/C30H48O7Si/c1-9-33-19-20-35-27(23(2)21-34-22-24-13-15-25(32-6)16-14-24)11-10-12-28-26(31)17-18-29(36-28)37-38(7,8)30(3,4)5/h10,12-18,23,27-29H,9,11,19-22H2,1-8H3/b12-10+/t23-,27-,28-,29?/m0/s1. The number of hydrogen-bond acceptors (Lipinski definition) is 7. The third-order valence-corrected chi connectivity index (χ3v) is 11.5. The van der Waals surface area contributed by atoms with Gasteiger partial charge in [0.2, 0.25) is 0 Å². The molecular weight excluding hydrogens is 500 g/mol. The first-order chi connectivity index (χ1) is 18.0. The fourth-order valence-corrected chi connectivity index (χ4v) is 4.66. The van der Waals surface area contributed by atoms with Gasteiger partial charge in [0, 0.05) is 12.5 Å². The van der Waals surface area contributed by atoms with Crippen LogP contribution in [0.5, 0.6) is 5.75 Å². The van der Waals surface area contributed by atoms with Crippen LogP contribution in [0.25, 0.3) is 0 Å². The molecule has 38 heavy (non-hydrogen) atoms. The zero-order valence-electron chi connectivity index (χ0n) is 24.5. The fraction of sp³-hybridized carbons (Fsp3) is 0.633. The van der Waals surface area contributed by atoms with Crippen molar-refractivity contribution in [2.24, 2.45) is 5.92 Å². The summed E-state index contributed by atoms with van der Waals surface area (Å²) in [5, 5.41) is 0.0502. The van der Waals surface area contributed by atoms with Gasteiger partial charge in [0.15, 0.2) is 20.4 Å². The van der Waals surface area contributed by atoms with Crippen molar-refractivity contribution in [2.45, 2.75) is 84.3 Å². The molecule has 1 aliphatic rings. The zero-order valence-corrected chi connectivity index (χ0v) is 25.5. The van der Waals surface area contributed by atoms with E-state index in [1.807, 2.05) is 43.3 Å². The number of carbonyl (C=O) groups is 1. The van der Waals surface area contributed by atoms with E-state index in [1.54, 1.807) is 19.3 Å². The van der Waals surface area contributed by atoms with Gasteiger partial charge in [0.05, 0.1) is 39.6 Å². The topological polar surface area (TPSA) is 72.5 Å². The van der Waals surface area contributed by atoms with E-state index < -0.39 is 20.7 Å². The first-order valence-corrected chi connectivity index (χ1v) is 16.5. The Balaban J connectivity index is 1.94. The van der Waals surface area contributed by atoms with E-state index in [4.69, 9.17) is 28.1 Å². The van der Waals surface area contributed by atoms with Crippen molar-refractivity contribution >= 4 is 14.1 Å². The maximum absolute atomic E-state index is 12.5. The molecule has 0 amide bonds. The van der Waals surface area contributed by atoms with Gasteiger partial charge in [-0.25, -0.2) is 0 Å². The molecule has 1 aromatic carbocycles. The molecule has 1 unspecified atom stereocenters. The van der Waals surface area contributed by atoms with E-state index in [9.17, 15) is 4.79 Å². The Hall–Kier alpha value is -1.81. The predicted octanol–water partition coefficient (Wildman–Crippen LogP) is 6.09. The van der Waals surface area contributed by atoms with Crippen LogP contribution < -0.4 is 4.74 Å². The lowest BCUT2D eigenvalue weighted by atomic mass is 10.0. The van der Waals surface area contributed by atoms with E-state index in [2.05, 4.69) is 40.8 Å². The van der Waals surface area contributed by atoms with Gasteiger partial charge in [-0.3, -0.25) is 4.79 Å². The van der Waals surface area contributed by atoms with Gasteiger partial charge in [-0.05, 0) is 61.3 Å². The highest BCUT2D eigenvalue weighted by Crippen LogP contribution is 2.38. The second-order valence-electron chi connectivity index (χ2n) is 11.2. The van der Waals surface area contributed by atoms with E-state index >= 15 is 0 Å². The Bertz CT molecular complexity index is 889. The molecule has 0 spiro atoms. The van der Waals surface area contributed by atoms with E-state index in [0.29, 0.717) is 39.5 Å². The minimum Gasteiger partial charge on any atom is -0.497 e. The number of hydrogen-bond donors (Lipinski definition) is 0. The van der Waals surface area contributed by atoms with Crippen LogP contribution >= 0.6 is 0 Å². The molecule has 4 atom stereocenters. The van der Waals surface area contributed by atoms with Crippen molar-refractivity contribution in [2.75, 3.05) is 33.5 Å². The number of rotatable bonds is 16. The number of ketones is 1. The molecule has 0 saturated carbocycles. The van der Waals surface area contributed by atoms with Crippen molar-refractivity contribution in [3.05, 3.63) is 54.1 Å². The van der Waals surface area contributed by atoms with E-state index in [-0.39, 0.29) is 22.8 Å². The molecule has 8 heteroatoms. The maximum atomic E-state index is 12.5. The summed E-state index contributed by atoms with van der Waals surface area (Å²) in [6, 6.07) is 7.86. The first-order valence-electron chi connectivity index (χ1n) is 13.6. The highest BCUT2D eigenvalue weighted by molar-refractivity contribution is 6.74. The number of benzene rings is 1. The van der Waals surface area contributed by atoms with Gasteiger partial charge in [-0.1, -0.05) is 52.0 Å². The molecule has 214 valence electrons. The molecule has 1 aliphatic heterocycles. The monoisotopic (exact) mass is 548 g/mol. The largest absolute Gasteiger partial charge is 0.497 e. The molecule has 0 saturated heterocycles. The van der Waals surface area contributed by atoms with Gasteiger partial charge in [0.25, 0.3) is 0 Å². The minimum atomic E-state index is -2.04. The Labute approximate surface area is 230 Å². The van der Waals surface area contributed by atoms with Crippen molar-refractivity contribution in [1.29, 1.82) is 0 Å². The Morgan fingerprint density at radius 1 is 1.11 bits per heavy atom. The summed E-state index contributed by atoms with van der Waals surface area (Å²) in [5.74, 6) is 0.878. The average Bonchev–Trinajstić information content (AvgIpc) is 2.86. The molecule has 0 aromatic heterocycles. The fourth-order valence-electron chi connectivity index (χ4n) is 3.59. The molecule has 0 N–H and O–H groups in total. The molecule has 0 radical (unpaired) electrons. The molecule has 0 aliphatic carbocycles. The van der Waals surface area contributed by atoms with Crippen LogP contribution in [0.15, 0.2) is 48.6 Å². The van der Waals surface area contributed by atoms with Crippen molar-refractivity contribution < 1.29 is 32.9 Å². The van der Waals surface area contributed by atoms with Crippen LogP contribution in [0.1, 0.15) is 46.6 Å². The van der Waals surface area contributed by atoms with Crippen molar-refractivity contribution in [3.8, 4) is 5.75 Å². The number of ether oxygens (including phenoxy) is 5. The lowest BCUT2D eigenvalue weighted by Gasteiger charge is -2.39. The van der Waals surface area contributed by atoms with Gasteiger partial charge < -0.3 is 28.1 Å². The summed E-state index contributed by atoms with van der Waals surface area (Å²) >= 11 is 0. The van der Waals surface area contributed by atoms with Gasteiger partial charge in [-0.2, -0.15) is 0 Å². The lowest BCUT2D eigenvalue weighted by molar-refractivity contribution is -0.138. The average molecular weight is 549 g/mol. The molecule has 7 nitrogen and oxygen atoms in total. The molecular formula is C30H48O7Si. The summed E-state index contributed by atoms with van der Waals surface area (Å²) in [5.41, 5.74) is 1.09. The zero-order chi connectivity index (χ0) is 28.2. The summed E-state index contributed by atoms with van der Waals surface area (Å²) in [6.45, 7) is 17.7. The molecule has 0 bridgehead atoms. The second-order valence-corrected chi connectivity index (χ2v) is 15.9. The summed E-state index contributed by atoms with van der Waals surface area (Å²) in [7, 11) is -0.381. The molecule has 1 heterocycles. The SMILES string of the molecule is CCOCCO[C@@H](C/C=C/[C@@H]1OC(O[Si](C)(C)C(C)(C)C)C=CC1=O)[C@@H](C)COCc1ccc(OC)cc1. The number of carbonyl (C=O) groups excluding carboxylic acids is 1. The number of methoxy groups -OCH3 is 1. The smallest absolute Gasteiger partial charge is 0.195 e. The molecule has 1 aromatic rings. The van der Waals surface area contributed by atoms with Crippen molar-refractivity contribution in [1.82, 2.24) is 0 Å². The minimum absolute atomic E-state index is 0.0502.